The van der Waals surface area contributed by atoms with Gasteiger partial charge in [-0.3, -0.25) is 19.4 Å². The first-order valence-electron chi connectivity index (χ1n) is 11.7. The van der Waals surface area contributed by atoms with Crippen molar-refractivity contribution in [2.24, 2.45) is 23.7 Å². The second kappa shape index (κ2) is 10.1. The van der Waals surface area contributed by atoms with Gasteiger partial charge in [-0.1, -0.05) is 25.0 Å². The van der Waals surface area contributed by atoms with Gasteiger partial charge in [0.1, 0.15) is 13.2 Å². The highest BCUT2D eigenvalue weighted by Crippen LogP contribution is 2.49. The normalized spacial score (nSPS) is 32.4. The van der Waals surface area contributed by atoms with Crippen LogP contribution in [0.1, 0.15) is 44.9 Å². The second-order valence-corrected chi connectivity index (χ2v) is 9.14. The number of allylic oxidation sites excluding steroid dienone is 2. The standard InChI is InChI=1S/C23H36N2O4/c26-22(28-15-13-24-9-3-1-4-10-24)20-18-7-8-19(17-18)21(20)23(27)29-16-14-25-11-5-2-6-12-25/h7-8,18-21H,1-6,9-17H2. The van der Waals surface area contributed by atoms with Gasteiger partial charge in [-0.25, -0.2) is 0 Å². The van der Waals surface area contributed by atoms with E-state index in [-0.39, 0.29) is 35.6 Å². The highest BCUT2D eigenvalue weighted by molar-refractivity contribution is 5.84. The van der Waals surface area contributed by atoms with Gasteiger partial charge in [0.05, 0.1) is 11.8 Å². The fourth-order valence-corrected chi connectivity index (χ4v) is 5.57. The van der Waals surface area contributed by atoms with E-state index in [0.29, 0.717) is 13.2 Å². The Morgan fingerprint density at radius 2 is 1.10 bits per heavy atom. The lowest BCUT2D eigenvalue weighted by atomic mass is 9.83. The van der Waals surface area contributed by atoms with E-state index >= 15 is 0 Å². The van der Waals surface area contributed by atoms with Gasteiger partial charge in [-0.05, 0) is 70.1 Å². The largest absolute Gasteiger partial charge is 0.464 e. The molecule has 0 aromatic rings. The molecule has 6 heteroatoms. The van der Waals surface area contributed by atoms with Gasteiger partial charge in [0.25, 0.3) is 0 Å². The third kappa shape index (κ3) is 5.21. The van der Waals surface area contributed by atoms with E-state index < -0.39 is 0 Å². The van der Waals surface area contributed by atoms with Crippen LogP contribution in [0.15, 0.2) is 12.2 Å². The molecule has 2 aliphatic heterocycles. The third-order valence-electron chi connectivity index (χ3n) is 7.20. The molecule has 4 rings (SSSR count). The fourth-order valence-electron chi connectivity index (χ4n) is 5.57. The number of hydrogen-bond donors (Lipinski definition) is 0. The van der Waals surface area contributed by atoms with E-state index in [2.05, 4.69) is 22.0 Å². The highest BCUT2D eigenvalue weighted by Gasteiger charge is 2.53. The first kappa shape index (κ1) is 20.9. The number of rotatable bonds is 8. The van der Waals surface area contributed by atoms with E-state index in [4.69, 9.17) is 9.47 Å². The summed E-state index contributed by atoms with van der Waals surface area (Å²) in [5.41, 5.74) is 0. The number of likely N-dealkylation sites (tertiary alicyclic amines) is 2. The van der Waals surface area contributed by atoms with E-state index in [9.17, 15) is 9.59 Å². The lowest BCUT2D eigenvalue weighted by Gasteiger charge is -2.28. The molecule has 4 unspecified atom stereocenters. The van der Waals surface area contributed by atoms with Crippen molar-refractivity contribution in [2.45, 2.75) is 44.9 Å². The molecule has 6 nitrogen and oxygen atoms in total. The topological polar surface area (TPSA) is 59.1 Å². The Hall–Kier alpha value is -1.40. The molecular weight excluding hydrogens is 368 g/mol. The van der Waals surface area contributed by atoms with Crippen LogP contribution in [0.25, 0.3) is 0 Å². The van der Waals surface area contributed by atoms with Crippen molar-refractivity contribution in [3.05, 3.63) is 12.2 Å². The Labute approximate surface area is 174 Å². The summed E-state index contributed by atoms with van der Waals surface area (Å²) < 4.78 is 11.3. The molecule has 0 radical (unpaired) electrons. The summed E-state index contributed by atoms with van der Waals surface area (Å²) in [5, 5.41) is 0. The molecule has 4 aliphatic rings. The van der Waals surface area contributed by atoms with Gasteiger partial charge in [0.2, 0.25) is 0 Å². The fraction of sp³-hybridized carbons (Fsp3) is 0.826. The van der Waals surface area contributed by atoms with Gasteiger partial charge in [0, 0.05) is 13.1 Å². The van der Waals surface area contributed by atoms with Gasteiger partial charge < -0.3 is 9.47 Å². The maximum Gasteiger partial charge on any atom is 0.310 e. The maximum atomic E-state index is 12.8. The van der Waals surface area contributed by atoms with Crippen LogP contribution in [0.5, 0.6) is 0 Å². The Kier molecular flexibility index (Phi) is 7.24. The maximum absolute atomic E-state index is 12.8. The zero-order valence-corrected chi connectivity index (χ0v) is 17.6. The SMILES string of the molecule is O=C(OCCN1CCCCC1)C1C2C=CC(C2)C1C(=O)OCCN1CCCCC1. The lowest BCUT2D eigenvalue weighted by molar-refractivity contribution is -0.162. The molecular formula is C23H36N2O4. The number of fused-ring (bicyclic) bond motifs is 2. The van der Waals surface area contributed by atoms with Crippen LogP contribution in [0.2, 0.25) is 0 Å². The molecule has 1 saturated carbocycles. The summed E-state index contributed by atoms with van der Waals surface area (Å²) >= 11 is 0. The molecule has 0 spiro atoms. The number of ether oxygens (including phenoxy) is 2. The number of piperidine rings is 2. The minimum atomic E-state index is -0.367. The molecule has 2 heterocycles. The van der Waals surface area contributed by atoms with Crippen molar-refractivity contribution in [2.75, 3.05) is 52.5 Å². The first-order chi connectivity index (χ1) is 14.2. The van der Waals surface area contributed by atoms with Crippen molar-refractivity contribution in [1.29, 1.82) is 0 Å². The van der Waals surface area contributed by atoms with Gasteiger partial charge in [-0.15, -0.1) is 0 Å². The summed E-state index contributed by atoms with van der Waals surface area (Å²) in [6, 6.07) is 0. The average Bonchev–Trinajstić information content (AvgIpc) is 3.37. The summed E-state index contributed by atoms with van der Waals surface area (Å²) in [6.45, 7) is 6.84. The van der Waals surface area contributed by atoms with Crippen molar-refractivity contribution in [1.82, 2.24) is 9.80 Å². The van der Waals surface area contributed by atoms with Crippen LogP contribution in [-0.2, 0) is 19.1 Å². The van der Waals surface area contributed by atoms with Crippen LogP contribution < -0.4 is 0 Å². The summed E-state index contributed by atoms with van der Waals surface area (Å²) in [7, 11) is 0. The van der Waals surface area contributed by atoms with Crippen molar-refractivity contribution < 1.29 is 19.1 Å². The minimum absolute atomic E-state index is 0.127. The molecule has 3 fully saturated rings. The van der Waals surface area contributed by atoms with Crippen LogP contribution in [0.4, 0.5) is 0 Å². The zero-order chi connectivity index (χ0) is 20.1. The predicted molar refractivity (Wildman–Crippen MR) is 110 cm³/mol. The van der Waals surface area contributed by atoms with Gasteiger partial charge in [0.15, 0.2) is 0 Å². The first-order valence-corrected chi connectivity index (χ1v) is 11.7. The zero-order valence-electron chi connectivity index (χ0n) is 17.6. The van der Waals surface area contributed by atoms with Gasteiger partial charge >= 0.3 is 11.9 Å². The van der Waals surface area contributed by atoms with E-state index in [1.807, 2.05) is 0 Å². The Balaban J connectivity index is 1.24. The Morgan fingerprint density at radius 3 is 1.52 bits per heavy atom. The Bertz CT molecular complexity index is 546. The molecule has 0 N–H and O–H groups in total. The molecule has 2 saturated heterocycles. The molecule has 0 amide bonds. The van der Waals surface area contributed by atoms with E-state index in [0.717, 1.165) is 45.7 Å². The summed E-state index contributed by atoms with van der Waals surface area (Å²) in [4.78, 5) is 30.4. The molecule has 4 atom stereocenters. The predicted octanol–water partition coefficient (Wildman–Crippen LogP) is 2.48. The summed E-state index contributed by atoms with van der Waals surface area (Å²) in [6.07, 6.45) is 12.6. The van der Waals surface area contributed by atoms with Crippen molar-refractivity contribution >= 4 is 11.9 Å². The number of carbonyl (C=O) groups is 2. The molecule has 0 aromatic carbocycles. The molecule has 2 aliphatic carbocycles. The molecule has 29 heavy (non-hydrogen) atoms. The Morgan fingerprint density at radius 1 is 0.690 bits per heavy atom. The van der Waals surface area contributed by atoms with E-state index in [1.54, 1.807) is 0 Å². The number of hydrogen-bond acceptors (Lipinski definition) is 6. The van der Waals surface area contributed by atoms with Crippen LogP contribution in [0.3, 0.4) is 0 Å². The number of esters is 2. The molecule has 2 bridgehead atoms. The van der Waals surface area contributed by atoms with E-state index in [1.165, 1.54) is 38.5 Å². The van der Waals surface area contributed by atoms with Crippen molar-refractivity contribution in [3.8, 4) is 0 Å². The molecule has 162 valence electrons. The van der Waals surface area contributed by atoms with Crippen molar-refractivity contribution in [3.63, 3.8) is 0 Å². The molecule has 0 aromatic heterocycles. The number of nitrogens with zero attached hydrogens (tertiary/aromatic N) is 2. The van der Waals surface area contributed by atoms with Crippen LogP contribution >= 0.6 is 0 Å². The van der Waals surface area contributed by atoms with Gasteiger partial charge in [-0.2, -0.15) is 0 Å². The second-order valence-electron chi connectivity index (χ2n) is 9.14. The monoisotopic (exact) mass is 404 g/mol. The lowest BCUT2D eigenvalue weighted by Crippen LogP contribution is -2.38. The smallest absolute Gasteiger partial charge is 0.310 e. The van der Waals surface area contributed by atoms with Crippen LogP contribution in [-0.4, -0.2) is 74.2 Å². The minimum Gasteiger partial charge on any atom is -0.464 e. The van der Waals surface area contributed by atoms with Crippen LogP contribution in [0, 0.1) is 23.7 Å². The summed E-state index contributed by atoms with van der Waals surface area (Å²) in [5.74, 6) is -0.902. The number of carbonyl (C=O) groups excluding carboxylic acids is 2. The average molecular weight is 405 g/mol. The highest BCUT2D eigenvalue weighted by atomic mass is 16.5. The third-order valence-corrected chi connectivity index (χ3v) is 7.20. The quantitative estimate of drug-likeness (QED) is 0.458.